The Labute approximate surface area is 119 Å². The molecule has 1 amide bonds. The van der Waals surface area contributed by atoms with Crippen LogP contribution in [0.4, 0.5) is 16.4 Å². The minimum absolute atomic E-state index is 0.209. The number of rotatable bonds is 9. The first-order valence-electron chi connectivity index (χ1n) is 6.93. The van der Waals surface area contributed by atoms with Gasteiger partial charge in [-0.25, -0.2) is 14.8 Å². The van der Waals surface area contributed by atoms with Crippen molar-refractivity contribution in [1.29, 1.82) is 0 Å². The molecule has 0 aromatic carbocycles. The fraction of sp³-hybridized carbons (Fsp3) is 0.615. The highest BCUT2D eigenvalue weighted by molar-refractivity contribution is 5.64. The van der Waals surface area contributed by atoms with E-state index in [0.29, 0.717) is 6.54 Å². The average molecular weight is 281 g/mol. The van der Waals surface area contributed by atoms with Crippen LogP contribution in [-0.2, 0) is 11.2 Å². The lowest BCUT2D eigenvalue weighted by atomic mass is 10.3. The number of hydrogen-bond donors (Lipinski definition) is 3. The molecule has 0 aliphatic carbocycles. The number of amides is 1. The minimum atomic E-state index is -0.772. The number of nitrogens with one attached hydrogen (secondary N) is 2. The summed E-state index contributed by atoms with van der Waals surface area (Å²) in [5.41, 5.74) is 4.89. The molecule has 0 bridgehead atoms. The van der Waals surface area contributed by atoms with Crippen LogP contribution in [0, 0.1) is 0 Å². The molecule has 0 saturated heterocycles. The third kappa shape index (κ3) is 6.21. The standard InChI is InChI=1S/C13H23N5O2/c1-3-5-10-17-11(15-6-4-2)9-12(18-10)16-7-8-20-13(14)19/h9H,3-8H2,1-2H3,(H2,14,19)(H2,15,16,17,18). The SMILES string of the molecule is CCCNc1cc(NCCOC(N)=O)nc(CCC)n1. The zero-order valence-electron chi connectivity index (χ0n) is 12.1. The molecular weight excluding hydrogens is 258 g/mol. The van der Waals surface area contributed by atoms with Crippen molar-refractivity contribution in [3.63, 3.8) is 0 Å². The summed E-state index contributed by atoms with van der Waals surface area (Å²) in [6.45, 7) is 5.72. The van der Waals surface area contributed by atoms with Gasteiger partial charge in [0.05, 0.1) is 6.54 Å². The van der Waals surface area contributed by atoms with Crippen LogP contribution in [0.5, 0.6) is 0 Å². The molecule has 0 fully saturated rings. The van der Waals surface area contributed by atoms with E-state index in [2.05, 4.69) is 39.2 Å². The minimum Gasteiger partial charge on any atom is -0.448 e. The van der Waals surface area contributed by atoms with E-state index >= 15 is 0 Å². The quantitative estimate of drug-likeness (QED) is 0.596. The van der Waals surface area contributed by atoms with E-state index in [1.54, 1.807) is 0 Å². The van der Waals surface area contributed by atoms with Crippen LogP contribution in [-0.4, -0.2) is 35.8 Å². The number of carbonyl (C=O) groups excluding carboxylic acids is 1. The van der Waals surface area contributed by atoms with Gasteiger partial charge in [0.15, 0.2) is 0 Å². The van der Waals surface area contributed by atoms with Gasteiger partial charge in [-0.1, -0.05) is 13.8 Å². The molecule has 1 rings (SSSR count). The Morgan fingerprint density at radius 1 is 1.20 bits per heavy atom. The van der Waals surface area contributed by atoms with Gasteiger partial charge in [0.1, 0.15) is 24.1 Å². The number of carbonyl (C=O) groups is 1. The van der Waals surface area contributed by atoms with E-state index in [4.69, 9.17) is 5.73 Å². The molecule has 0 aliphatic rings. The summed E-state index contributed by atoms with van der Waals surface area (Å²) in [6, 6.07) is 1.85. The number of aromatic nitrogens is 2. The van der Waals surface area contributed by atoms with E-state index in [-0.39, 0.29) is 6.61 Å². The monoisotopic (exact) mass is 281 g/mol. The third-order valence-corrected chi connectivity index (χ3v) is 2.45. The van der Waals surface area contributed by atoms with Crippen LogP contribution >= 0.6 is 0 Å². The molecule has 1 aromatic rings. The highest BCUT2D eigenvalue weighted by atomic mass is 16.5. The number of primary amides is 1. The van der Waals surface area contributed by atoms with Gasteiger partial charge in [-0.05, 0) is 12.8 Å². The van der Waals surface area contributed by atoms with E-state index in [0.717, 1.165) is 43.3 Å². The topological polar surface area (TPSA) is 102 Å². The zero-order valence-corrected chi connectivity index (χ0v) is 12.1. The second-order valence-corrected chi connectivity index (χ2v) is 4.33. The molecule has 0 spiro atoms. The van der Waals surface area contributed by atoms with Gasteiger partial charge >= 0.3 is 6.09 Å². The Kier molecular flexibility index (Phi) is 7.16. The molecule has 20 heavy (non-hydrogen) atoms. The fourth-order valence-electron chi connectivity index (χ4n) is 1.60. The normalized spacial score (nSPS) is 10.1. The molecule has 0 atom stereocenters. The molecule has 0 aliphatic heterocycles. The van der Waals surface area contributed by atoms with Crippen LogP contribution in [0.3, 0.4) is 0 Å². The van der Waals surface area contributed by atoms with Crippen molar-refractivity contribution in [3.05, 3.63) is 11.9 Å². The summed E-state index contributed by atoms with van der Waals surface area (Å²) in [6.07, 6.45) is 2.07. The van der Waals surface area contributed by atoms with Gasteiger partial charge in [-0.2, -0.15) is 0 Å². The predicted octanol–water partition coefficient (Wildman–Crippen LogP) is 1.76. The maximum atomic E-state index is 10.5. The number of aryl methyl sites for hydroxylation is 1. The molecule has 0 unspecified atom stereocenters. The van der Waals surface area contributed by atoms with Gasteiger partial charge in [0.2, 0.25) is 0 Å². The Morgan fingerprint density at radius 2 is 1.85 bits per heavy atom. The number of hydrogen-bond acceptors (Lipinski definition) is 6. The van der Waals surface area contributed by atoms with Crippen molar-refractivity contribution >= 4 is 17.7 Å². The van der Waals surface area contributed by atoms with E-state index in [1.165, 1.54) is 0 Å². The van der Waals surface area contributed by atoms with Crippen molar-refractivity contribution in [2.24, 2.45) is 5.73 Å². The van der Waals surface area contributed by atoms with Gasteiger partial charge in [-0.15, -0.1) is 0 Å². The summed E-state index contributed by atoms with van der Waals surface area (Å²) in [5.74, 6) is 2.32. The van der Waals surface area contributed by atoms with Crippen LogP contribution in [0.2, 0.25) is 0 Å². The first kappa shape index (κ1) is 16.0. The van der Waals surface area contributed by atoms with E-state index in [1.807, 2.05) is 6.07 Å². The maximum Gasteiger partial charge on any atom is 0.404 e. The Morgan fingerprint density at radius 3 is 2.40 bits per heavy atom. The molecular formula is C13H23N5O2. The van der Waals surface area contributed by atoms with Gasteiger partial charge in [0.25, 0.3) is 0 Å². The highest BCUT2D eigenvalue weighted by Gasteiger charge is 2.04. The Bertz CT molecular complexity index is 425. The van der Waals surface area contributed by atoms with Crippen molar-refractivity contribution in [2.45, 2.75) is 33.1 Å². The summed E-state index contributed by atoms with van der Waals surface area (Å²) >= 11 is 0. The summed E-state index contributed by atoms with van der Waals surface area (Å²) in [7, 11) is 0. The zero-order chi connectivity index (χ0) is 14.8. The van der Waals surface area contributed by atoms with Crippen molar-refractivity contribution in [2.75, 3.05) is 30.3 Å². The molecule has 0 radical (unpaired) electrons. The van der Waals surface area contributed by atoms with E-state index in [9.17, 15) is 4.79 Å². The third-order valence-electron chi connectivity index (χ3n) is 2.45. The van der Waals surface area contributed by atoms with Gasteiger partial charge < -0.3 is 21.1 Å². The van der Waals surface area contributed by atoms with Crippen molar-refractivity contribution < 1.29 is 9.53 Å². The fourth-order valence-corrected chi connectivity index (χ4v) is 1.60. The summed E-state index contributed by atoms with van der Waals surface area (Å²) in [5, 5.41) is 6.34. The molecule has 112 valence electrons. The van der Waals surface area contributed by atoms with Crippen LogP contribution in [0.15, 0.2) is 6.07 Å². The smallest absolute Gasteiger partial charge is 0.404 e. The number of ether oxygens (including phenoxy) is 1. The molecule has 1 heterocycles. The predicted molar refractivity (Wildman–Crippen MR) is 78.8 cm³/mol. The lowest BCUT2D eigenvalue weighted by Crippen LogP contribution is -2.19. The lowest BCUT2D eigenvalue weighted by molar-refractivity contribution is 0.161. The lowest BCUT2D eigenvalue weighted by Gasteiger charge is -2.10. The molecule has 0 saturated carbocycles. The largest absolute Gasteiger partial charge is 0.448 e. The molecule has 4 N–H and O–H groups in total. The van der Waals surface area contributed by atoms with Crippen LogP contribution in [0.25, 0.3) is 0 Å². The molecule has 1 aromatic heterocycles. The van der Waals surface area contributed by atoms with E-state index < -0.39 is 6.09 Å². The first-order valence-corrected chi connectivity index (χ1v) is 6.93. The Balaban J connectivity index is 2.62. The second kappa shape index (κ2) is 8.95. The maximum absolute atomic E-state index is 10.5. The number of nitrogens with zero attached hydrogens (tertiary/aromatic N) is 2. The second-order valence-electron chi connectivity index (χ2n) is 4.33. The summed E-state index contributed by atoms with van der Waals surface area (Å²) in [4.78, 5) is 19.3. The van der Waals surface area contributed by atoms with Gasteiger partial charge in [-0.3, -0.25) is 0 Å². The number of nitrogens with two attached hydrogens (primary N) is 1. The summed E-state index contributed by atoms with van der Waals surface area (Å²) < 4.78 is 4.65. The van der Waals surface area contributed by atoms with Crippen LogP contribution < -0.4 is 16.4 Å². The van der Waals surface area contributed by atoms with Crippen molar-refractivity contribution in [1.82, 2.24) is 9.97 Å². The highest BCUT2D eigenvalue weighted by Crippen LogP contribution is 2.12. The molecule has 7 nitrogen and oxygen atoms in total. The van der Waals surface area contributed by atoms with Gasteiger partial charge in [0, 0.05) is 19.0 Å². The number of anilines is 2. The van der Waals surface area contributed by atoms with Crippen molar-refractivity contribution in [3.8, 4) is 0 Å². The van der Waals surface area contributed by atoms with Crippen LogP contribution in [0.1, 0.15) is 32.5 Å². The first-order chi connectivity index (χ1) is 9.65. The Hall–Kier alpha value is -2.05. The molecule has 7 heteroatoms. The average Bonchev–Trinajstić information content (AvgIpc) is 2.41.